The molecule has 0 aliphatic carbocycles. The van der Waals surface area contributed by atoms with Crippen LogP contribution in [0, 0.1) is 6.92 Å². The second kappa shape index (κ2) is 14.0. The number of carbonyl (C=O) groups excluding carboxylic acids is 3. The van der Waals surface area contributed by atoms with Gasteiger partial charge in [0.2, 0.25) is 0 Å². The Bertz CT molecular complexity index is 1040. The van der Waals surface area contributed by atoms with Gasteiger partial charge in [0.15, 0.2) is 12.6 Å². The lowest BCUT2D eigenvalue weighted by Crippen LogP contribution is -2.62. The molecule has 0 aromatic heterocycles. The molecule has 36 heavy (non-hydrogen) atoms. The molecule has 7 nitrogen and oxygen atoms in total. The molecule has 0 radical (unpaired) electrons. The molecule has 0 bridgehead atoms. The molecule has 0 aliphatic heterocycles. The molecule has 196 valence electrons. The summed E-state index contributed by atoms with van der Waals surface area (Å²) in [6, 6.07) is 12.2. The van der Waals surface area contributed by atoms with Crippen LogP contribution in [0.25, 0.3) is 0 Å². The van der Waals surface area contributed by atoms with Crippen LogP contribution in [0.15, 0.2) is 42.5 Å². The third-order valence-corrected chi connectivity index (χ3v) is 6.73. The summed E-state index contributed by atoms with van der Waals surface area (Å²) in [6.07, 6.45) is 1.32. The van der Waals surface area contributed by atoms with Gasteiger partial charge in [-0.05, 0) is 57.4 Å². The Hall–Kier alpha value is -2.90. The van der Waals surface area contributed by atoms with Crippen molar-refractivity contribution in [3.63, 3.8) is 0 Å². The van der Waals surface area contributed by atoms with Crippen molar-refractivity contribution in [3.05, 3.63) is 64.2 Å². The largest absolute Gasteiger partial charge is 0.462 e. The number of halogens is 1. The highest BCUT2D eigenvalue weighted by molar-refractivity contribution is 6.31. The number of esters is 2. The number of likely N-dealkylation sites (N-methyl/N-ethyl adjacent to an activating group) is 1. The minimum atomic E-state index is -0.554. The monoisotopic (exact) mass is 517 g/mol. The molecule has 0 saturated carbocycles. The van der Waals surface area contributed by atoms with E-state index < -0.39 is 12.0 Å². The molecule has 0 saturated heterocycles. The van der Waals surface area contributed by atoms with Gasteiger partial charge in [-0.25, -0.2) is 9.59 Å². The minimum absolute atomic E-state index is 0.0717. The van der Waals surface area contributed by atoms with Gasteiger partial charge in [-0.3, -0.25) is 4.79 Å². The van der Waals surface area contributed by atoms with Crippen LogP contribution < -0.4 is 5.32 Å². The highest BCUT2D eigenvalue weighted by atomic mass is 35.5. The first kappa shape index (κ1) is 29.3. The molecule has 1 amide bonds. The molecule has 0 spiro atoms. The van der Waals surface area contributed by atoms with Crippen molar-refractivity contribution in [1.82, 2.24) is 0 Å². The van der Waals surface area contributed by atoms with Crippen molar-refractivity contribution in [2.75, 3.05) is 31.6 Å². The quantitative estimate of drug-likeness (QED) is 0.279. The molecular formula is C28H38ClN2O5+. The summed E-state index contributed by atoms with van der Waals surface area (Å²) in [5.74, 6) is -1.17. The molecule has 0 heterocycles. The van der Waals surface area contributed by atoms with E-state index in [1.165, 1.54) is 6.07 Å². The van der Waals surface area contributed by atoms with Crippen molar-refractivity contribution in [2.24, 2.45) is 0 Å². The zero-order chi connectivity index (χ0) is 26.7. The number of hydrogen-bond acceptors (Lipinski definition) is 5. The van der Waals surface area contributed by atoms with Crippen LogP contribution in [0.1, 0.15) is 62.0 Å². The number of benzene rings is 2. The number of ether oxygens (including phenoxy) is 2. The molecule has 8 heteroatoms. The average molecular weight is 518 g/mol. The van der Waals surface area contributed by atoms with E-state index in [4.69, 9.17) is 21.1 Å². The Morgan fingerprint density at radius 3 is 2.25 bits per heavy atom. The minimum Gasteiger partial charge on any atom is -0.462 e. The van der Waals surface area contributed by atoms with E-state index in [0.717, 1.165) is 12.0 Å². The molecule has 1 atom stereocenters. The van der Waals surface area contributed by atoms with Crippen LogP contribution in [0.5, 0.6) is 0 Å². The van der Waals surface area contributed by atoms with Crippen molar-refractivity contribution in [2.45, 2.75) is 60.1 Å². The van der Waals surface area contributed by atoms with E-state index in [1.807, 2.05) is 51.1 Å². The van der Waals surface area contributed by atoms with Crippen LogP contribution in [-0.2, 0) is 25.7 Å². The number of carbonyl (C=O) groups is 3. The Morgan fingerprint density at radius 1 is 1.00 bits per heavy atom. The Labute approximate surface area is 219 Å². The second-order valence-electron chi connectivity index (χ2n) is 8.81. The number of quaternary nitrogens is 1. The predicted molar refractivity (Wildman–Crippen MR) is 142 cm³/mol. The summed E-state index contributed by atoms with van der Waals surface area (Å²) in [5, 5.41) is 3.35. The highest BCUT2D eigenvalue weighted by Gasteiger charge is 2.41. The molecule has 2 aromatic rings. The number of anilines is 1. The summed E-state index contributed by atoms with van der Waals surface area (Å²) in [6.45, 7) is 11.0. The fourth-order valence-electron chi connectivity index (χ4n) is 4.45. The first-order chi connectivity index (χ1) is 17.2. The van der Waals surface area contributed by atoms with Crippen LogP contribution in [0.2, 0.25) is 5.02 Å². The van der Waals surface area contributed by atoms with Gasteiger partial charge in [0, 0.05) is 11.4 Å². The Balaban J connectivity index is 2.31. The number of rotatable bonds is 13. The third-order valence-electron chi connectivity index (χ3n) is 6.52. The number of amides is 1. The van der Waals surface area contributed by atoms with E-state index in [-0.39, 0.29) is 41.7 Å². The van der Waals surface area contributed by atoms with Gasteiger partial charge in [0.1, 0.15) is 6.61 Å². The summed E-state index contributed by atoms with van der Waals surface area (Å²) >= 11 is 6.19. The molecule has 1 unspecified atom stereocenters. The molecule has 2 rings (SSSR count). The first-order valence-corrected chi connectivity index (χ1v) is 12.9. The smallest absolute Gasteiger partial charge is 0.362 e. The van der Waals surface area contributed by atoms with Crippen molar-refractivity contribution in [3.8, 4) is 0 Å². The molecule has 0 fully saturated rings. The average Bonchev–Trinajstić information content (AvgIpc) is 2.87. The lowest BCUT2D eigenvalue weighted by molar-refractivity contribution is -0.933. The maximum absolute atomic E-state index is 13.7. The summed E-state index contributed by atoms with van der Waals surface area (Å²) in [7, 11) is 0. The first-order valence-electron chi connectivity index (χ1n) is 12.5. The number of hydrogen-bond donors (Lipinski definition) is 1. The van der Waals surface area contributed by atoms with E-state index >= 15 is 0 Å². The number of aryl methyl sites for hydroxylation is 1. The normalized spacial score (nSPS) is 12.1. The summed E-state index contributed by atoms with van der Waals surface area (Å²) < 4.78 is 11.0. The third kappa shape index (κ3) is 7.55. The predicted octanol–water partition coefficient (Wildman–Crippen LogP) is 5.53. The lowest BCUT2D eigenvalue weighted by Gasteiger charge is -2.42. The van der Waals surface area contributed by atoms with Crippen molar-refractivity contribution in [1.29, 1.82) is 0 Å². The Morgan fingerprint density at radius 2 is 1.67 bits per heavy atom. The van der Waals surface area contributed by atoms with Gasteiger partial charge in [-0.2, -0.15) is 0 Å². The van der Waals surface area contributed by atoms with Gasteiger partial charge in [-0.1, -0.05) is 48.9 Å². The van der Waals surface area contributed by atoms with Gasteiger partial charge in [0.05, 0.1) is 30.9 Å². The molecule has 0 aliphatic rings. The topological polar surface area (TPSA) is 81.7 Å². The fraction of sp³-hybridized carbons (Fsp3) is 0.464. The van der Waals surface area contributed by atoms with E-state index in [2.05, 4.69) is 5.32 Å². The van der Waals surface area contributed by atoms with E-state index in [0.29, 0.717) is 35.8 Å². The zero-order valence-corrected chi connectivity index (χ0v) is 22.7. The van der Waals surface area contributed by atoms with Crippen LogP contribution in [-0.4, -0.2) is 54.6 Å². The highest BCUT2D eigenvalue weighted by Crippen LogP contribution is 2.28. The standard InChI is InChI=1S/C28H37ClN2O5/c1-6-13-24(27(33)30-26-20(5)16-22(29)17-23(26)28(34)35-9-4)31(7-2,8-3)18-25(32)36-19-21-14-11-10-12-15-21/h10-12,14-17,24H,6-9,13,18-19H2,1-5H3/p+1. The molecular weight excluding hydrogens is 480 g/mol. The number of nitrogens with zero attached hydrogens (tertiary/aromatic N) is 1. The van der Waals surface area contributed by atoms with Crippen LogP contribution >= 0.6 is 11.6 Å². The van der Waals surface area contributed by atoms with E-state index in [1.54, 1.807) is 19.9 Å². The number of nitrogens with one attached hydrogen (secondary N) is 1. The van der Waals surface area contributed by atoms with Gasteiger partial charge >= 0.3 is 11.9 Å². The Kier molecular flexibility index (Phi) is 11.4. The summed E-state index contributed by atoms with van der Waals surface area (Å²) in [4.78, 5) is 39.2. The summed E-state index contributed by atoms with van der Waals surface area (Å²) in [5.41, 5.74) is 2.15. The molecule has 1 N–H and O–H groups in total. The maximum Gasteiger partial charge on any atom is 0.362 e. The van der Waals surface area contributed by atoms with Crippen LogP contribution in [0.3, 0.4) is 0 Å². The fourth-order valence-corrected chi connectivity index (χ4v) is 4.72. The SMILES string of the molecule is CCCC(C(=O)Nc1c(C)cc(Cl)cc1C(=O)OCC)[N+](CC)(CC)CC(=O)OCc1ccccc1. The van der Waals surface area contributed by atoms with Gasteiger partial charge in [0.25, 0.3) is 5.91 Å². The van der Waals surface area contributed by atoms with Gasteiger partial charge < -0.3 is 19.3 Å². The lowest BCUT2D eigenvalue weighted by atomic mass is 10.0. The van der Waals surface area contributed by atoms with Crippen LogP contribution in [0.4, 0.5) is 5.69 Å². The zero-order valence-electron chi connectivity index (χ0n) is 21.9. The van der Waals surface area contributed by atoms with Crippen molar-refractivity contribution >= 4 is 35.1 Å². The second-order valence-corrected chi connectivity index (χ2v) is 9.25. The maximum atomic E-state index is 13.7. The molecule has 2 aromatic carbocycles. The van der Waals surface area contributed by atoms with E-state index in [9.17, 15) is 14.4 Å². The van der Waals surface area contributed by atoms with Gasteiger partial charge in [-0.15, -0.1) is 0 Å². The van der Waals surface area contributed by atoms with Crippen molar-refractivity contribution < 1.29 is 28.3 Å².